The van der Waals surface area contributed by atoms with E-state index in [0.29, 0.717) is 35.2 Å². The summed E-state index contributed by atoms with van der Waals surface area (Å²) < 4.78 is 5.17. The number of aromatic nitrogens is 2. The summed E-state index contributed by atoms with van der Waals surface area (Å²) in [5, 5.41) is 0.582. The van der Waals surface area contributed by atoms with Crippen molar-refractivity contribution >= 4 is 23.2 Å². The van der Waals surface area contributed by atoms with Gasteiger partial charge in [0.25, 0.3) is 5.91 Å². The number of ether oxygens (including phenoxy) is 1. The molecule has 2 aromatic heterocycles. The number of rotatable bonds is 8. The molecule has 35 heavy (non-hydrogen) atoms. The van der Waals surface area contributed by atoms with Crippen LogP contribution < -0.4 is 9.64 Å². The van der Waals surface area contributed by atoms with Crippen molar-refractivity contribution in [3.8, 4) is 28.3 Å². The van der Waals surface area contributed by atoms with E-state index in [4.69, 9.17) is 16.3 Å². The molecule has 4 aromatic rings. The Morgan fingerprint density at radius 1 is 0.914 bits per heavy atom. The van der Waals surface area contributed by atoms with E-state index in [1.54, 1.807) is 42.6 Å². The molecule has 0 radical (unpaired) electrons. The number of halogens is 1. The van der Waals surface area contributed by atoms with Gasteiger partial charge in [-0.25, -0.2) is 4.98 Å². The van der Waals surface area contributed by atoms with E-state index in [9.17, 15) is 4.79 Å². The number of hydrogen-bond acceptors (Lipinski definition) is 5. The number of methoxy groups -OCH3 is 1. The SMILES string of the molecule is COc1ccc(N(CCN(C)C)C(=O)c2ccc(Cl)c(-c3ccc(-c4ccccn4)cc3)c2)cn1. The standard InChI is InChI=1S/C28H27ClN4O2/c1-32(2)16-17-33(23-12-14-27(35-3)31-19-23)28(34)22-11-13-25(29)24(18-22)20-7-9-21(10-8-20)26-6-4-5-15-30-26/h4-15,18-19H,16-17H2,1-3H3. The van der Waals surface area contributed by atoms with Crippen molar-refractivity contribution in [1.82, 2.24) is 14.9 Å². The molecule has 0 aliphatic carbocycles. The first-order chi connectivity index (χ1) is 17.0. The summed E-state index contributed by atoms with van der Waals surface area (Å²) in [5.41, 5.74) is 4.89. The quantitative estimate of drug-likeness (QED) is 0.320. The number of benzene rings is 2. The molecule has 1 amide bonds. The van der Waals surface area contributed by atoms with E-state index in [0.717, 1.165) is 22.4 Å². The summed E-state index contributed by atoms with van der Waals surface area (Å²) in [6.45, 7) is 1.21. The Labute approximate surface area is 210 Å². The van der Waals surface area contributed by atoms with E-state index in [1.807, 2.05) is 73.6 Å². The largest absolute Gasteiger partial charge is 0.481 e. The fourth-order valence-corrected chi connectivity index (χ4v) is 3.92. The minimum absolute atomic E-state index is 0.123. The molecule has 0 bridgehead atoms. The van der Waals surface area contributed by atoms with E-state index >= 15 is 0 Å². The van der Waals surface area contributed by atoms with Crippen LogP contribution in [-0.2, 0) is 0 Å². The first-order valence-electron chi connectivity index (χ1n) is 11.2. The van der Waals surface area contributed by atoms with Crippen LogP contribution in [0.3, 0.4) is 0 Å². The molecule has 0 fully saturated rings. The van der Waals surface area contributed by atoms with Crippen LogP contribution in [0.2, 0.25) is 5.02 Å². The van der Waals surface area contributed by atoms with Crippen molar-refractivity contribution in [2.24, 2.45) is 0 Å². The molecule has 2 aromatic carbocycles. The van der Waals surface area contributed by atoms with E-state index in [2.05, 4.69) is 9.97 Å². The van der Waals surface area contributed by atoms with Crippen molar-refractivity contribution < 1.29 is 9.53 Å². The van der Waals surface area contributed by atoms with E-state index in [-0.39, 0.29) is 5.91 Å². The minimum Gasteiger partial charge on any atom is -0.481 e. The van der Waals surface area contributed by atoms with Gasteiger partial charge in [0.2, 0.25) is 5.88 Å². The number of likely N-dealkylation sites (N-methyl/N-ethyl adjacent to an activating group) is 1. The molecule has 6 nitrogen and oxygen atoms in total. The molecule has 0 aliphatic rings. The van der Waals surface area contributed by atoms with Gasteiger partial charge in [-0.1, -0.05) is 41.9 Å². The third-order valence-electron chi connectivity index (χ3n) is 5.63. The highest BCUT2D eigenvalue weighted by Crippen LogP contribution is 2.31. The van der Waals surface area contributed by atoms with Gasteiger partial charge < -0.3 is 14.5 Å². The minimum atomic E-state index is -0.123. The molecular formula is C28H27ClN4O2. The number of amides is 1. The molecule has 0 saturated carbocycles. The molecule has 2 heterocycles. The summed E-state index contributed by atoms with van der Waals surface area (Å²) in [6, 6.07) is 22.8. The Balaban J connectivity index is 1.65. The summed E-state index contributed by atoms with van der Waals surface area (Å²) in [6.07, 6.45) is 3.43. The normalized spacial score (nSPS) is 10.9. The molecule has 0 atom stereocenters. The average molecular weight is 487 g/mol. The summed E-state index contributed by atoms with van der Waals surface area (Å²) in [7, 11) is 5.52. The summed E-state index contributed by atoms with van der Waals surface area (Å²) >= 11 is 6.56. The summed E-state index contributed by atoms with van der Waals surface area (Å²) in [4.78, 5) is 26.1. The van der Waals surface area contributed by atoms with Crippen LogP contribution in [0.5, 0.6) is 5.88 Å². The second kappa shape index (κ2) is 11.1. The van der Waals surface area contributed by atoms with Crippen molar-refractivity contribution in [2.45, 2.75) is 0 Å². The smallest absolute Gasteiger partial charge is 0.258 e. The predicted molar refractivity (Wildman–Crippen MR) is 141 cm³/mol. The molecule has 0 spiro atoms. The number of carbonyl (C=O) groups is 1. The number of nitrogens with zero attached hydrogens (tertiary/aromatic N) is 4. The first kappa shape index (κ1) is 24.4. The molecular weight excluding hydrogens is 460 g/mol. The molecule has 0 unspecified atom stereocenters. The highest BCUT2D eigenvalue weighted by Gasteiger charge is 2.20. The van der Waals surface area contributed by atoms with Gasteiger partial charge in [-0.05, 0) is 56.1 Å². The molecule has 0 aliphatic heterocycles. The lowest BCUT2D eigenvalue weighted by Gasteiger charge is -2.25. The van der Waals surface area contributed by atoms with Crippen molar-refractivity contribution in [1.29, 1.82) is 0 Å². The fraction of sp³-hybridized carbons (Fsp3) is 0.179. The van der Waals surface area contributed by atoms with Crippen LogP contribution in [0.4, 0.5) is 5.69 Å². The average Bonchev–Trinajstić information content (AvgIpc) is 2.90. The van der Waals surface area contributed by atoms with Crippen LogP contribution in [-0.4, -0.2) is 55.1 Å². The lowest BCUT2D eigenvalue weighted by molar-refractivity contribution is 0.0985. The highest BCUT2D eigenvalue weighted by molar-refractivity contribution is 6.33. The fourth-order valence-electron chi connectivity index (χ4n) is 3.69. The monoisotopic (exact) mass is 486 g/mol. The van der Waals surface area contributed by atoms with Gasteiger partial charge in [-0.3, -0.25) is 9.78 Å². The van der Waals surface area contributed by atoms with Crippen molar-refractivity contribution in [3.63, 3.8) is 0 Å². The third-order valence-corrected chi connectivity index (χ3v) is 5.96. The Morgan fingerprint density at radius 3 is 2.31 bits per heavy atom. The molecule has 0 saturated heterocycles. The van der Waals surface area contributed by atoms with Gasteiger partial charge in [-0.15, -0.1) is 0 Å². The van der Waals surface area contributed by atoms with Gasteiger partial charge in [-0.2, -0.15) is 0 Å². The number of carbonyl (C=O) groups excluding carboxylic acids is 1. The number of pyridine rings is 2. The lowest BCUT2D eigenvalue weighted by atomic mass is 10.00. The molecule has 178 valence electrons. The molecule has 7 heteroatoms. The molecule has 4 rings (SSSR count). The lowest BCUT2D eigenvalue weighted by Crippen LogP contribution is -2.36. The predicted octanol–water partition coefficient (Wildman–Crippen LogP) is 5.68. The number of hydrogen-bond donors (Lipinski definition) is 0. The van der Waals surface area contributed by atoms with Gasteiger partial charge in [0, 0.05) is 47.1 Å². The van der Waals surface area contributed by atoms with E-state index < -0.39 is 0 Å². The van der Waals surface area contributed by atoms with Crippen LogP contribution in [0.1, 0.15) is 10.4 Å². The van der Waals surface area contributed by atoms with Gasteiger partial charge in [0.15, 0.2) is 0 Å². The Bertz CT molecular complexity index is 1280. The second-order valence-corrected chi connectivity index (χ2v) is 8.71. The zero-order chi connectivity index (χ0) is 24.8. The van der Waals surface area contributed by atoms with Gasteiger partial charge in [0.05, 0.1) is 24.7 Å². The highest BCUT2D eigenvalue weighted by atomic mass is 35.5. The third kappa shape index (κ3) is 5.85. The van der Waals surface area contributed by atoms with Crippen LogP contribution in [0, 0.1) is 0 Å². The second-order valence-electron chi connectivity index (χ2n) is 8.31. The topological polar surface area (TPSA) is 58.6 Å². The summed E-state index contributed by atoms with van der Waals surface area (Å²) in [5.74, 6) is 0.374. The first-order valence-corrected chi connectivity index (χ1v) is 11.6. The zero-order valence-electron chi connectivity index (χ0n) is 20.0. The maximum atomic E-state index is 13.6. The van der Waals surface area contributed by atoms with Gasteiger partial charge >= 0.3 is 0 Å². The van der Waals surface area contributed by atoms with Crippen LogP contribution in [0.25, 0.3) is 22.4 Å². The van der Waals surface area contributed by atoms with Crippen LogP contribution >= 0.6 is 11.6 Å². The van der Waals surface area contributed by atoms with Crippen LogP contribution in [0.15, 0.2) is 85.2 Å². The Hall–Kier alpha value is -3.74. The Morgan fingerprint density at radius 2 is 1.69 bits per heavy atom. The maximum Gasteiger partial charge on any atom is 0.258 e. The van der Waals surface area contributed by atoms with Crippen molar-refractivity contribution in [3.05, 3.63) is 95.8 Å². The zero-order valence-corrected chi connectivity index (χ0v) is 20.7. The van der Waals surface area contributed by atoms with Gasteiger partial charge in [0.1, 0.15) is 0 Å². The maximum absolute atomic E-state index is 13.6. The van der Waals surface area contributed by atoms with Crippen molar-refractivity contribution in [2.75, 3.05) is 39.2 Å². The molecule has 0 N–H and O–H groups in total. The van der Waals surface area contributed by atoms with E-state index in [1.165, 1.54) is 0 Å². The number of anilines is 1. The Kier molecular flexibility index (Phi) is 7.75.